The van der Waals surface area contributed by atoms with E-state index in [0.717, 1.165) is 37.1 Å². The van der Waals surface area contributed by atoms with Gasteiger partial charge >= 0.3 is 5.97 Å². The topological polar surface area (TPSA) is 63.8 Å². The zero-order chi connectivity index (χ0) is 20.7. The Morgan fingerprint density at radius 2 is 2.13 bits per heavy atom. The first-order valence-corrected chi connectivity index (χ1v) is 10.6. The van der Waals surface area contributed by atoms with Crippen LogP contribution in [0.5, 0.6) is 0 Å². The number of methoxy groups -OCH3 is 2. The van der Waals surface area contributed by atoms with Crippen LogP contribution in [0.25, 0.3) is 10.9 Å². The second-order valence-electron chi connectivity index (χ2n) is 8.36. The highest BCUT2D eigenvalue weighted by Crippen LogP contribution is 2.51. The number of carbonyl (C=O) groups excluding carboxylic acids is 1. The van der Waals surface area contributed by atoms with E-state index in [1.807, 2.05) is 6.07 Å². The molecule has 3 atom stereocenters. The van der Waals surface area contributed by atoms with E-state index in [-0.39, 0.29) is 18.6 Å². The number of aromatic nitrogens is 1. The van der Waals surface area contributed by atoms with Crippen LogP contribution in [-0.2, 0) is 30.8 Å². The molecular formula is C24H28N2O4. The third-order valence-electron chi connectivity index (χ3n) is 6.66. The maximum atomic E-state index is 13.8. The summed E-state index contributed by atoms with van der Waals surface area (Å²) in [6, 6.07) is 8.26. The standard InChI is InChI=1S/C24H28N2O4/c1-28-10-8-17-13-16-14-24(23(27)30-12-11-29-2)21-19(7-9-26(15-16)22(17)24)18-5-3-4-6-20(18)25-21/h3-6,8,14,22,25H,7,9-13,15H2,1-2H3/b17-8+. The fourth-order valence-electron chi connectivity index (χ4n) is 5.55. The molecule has 1 aromatic heterocycles. The summed E-state index contributed by atoms with van der Waals surface area (Å²) >= 11 is 0. The SMILES string of the molecule is COC/C=C1\CC2=CC3(C(=O)OCCOC)c4[nH]c5ccccc5c4CCN(C2)C13. The van der Waals surface area contributed by atoms with Gasteiger partial charge in [-0.15, -0.1) is 0 Å². The highest BCUT2D eigenvalue weighted by Gasteiger charge is 2.58. The number of ether oxygens (including phenoxy) is 3. The number of hydrogen-bond acceptors (Lipinski definition) is 5. The van der Waals surface area contributed by atoms with E-state index < -0.39 is 5.41 Å². The van der Waals surface area contributed by atoms with E-state index in [1.54, 1.807) is 14.2 Å². The van der Waals surface area contributed by atoms with E-state index in [9.17, 15) is 4.79 Å². The zero-order valence-corrected chi connectivity index (χ0v) is 17.6. The maximum Gasteiger partial charge on any atom is 0.324 e. The second kappa shape index (κ2) is 7.69. The molecule has 3 aliphatic heterocycles. The predicted octanol–water partition coefficient (Wildman–Crippen LogP) is 2.74. The fourth-order valence-corrected chi connectivity index (χ4v) is 5.55. The molecule has 4 bridgehead atoms. The largest absolute Gasteiger partial charge is 0.462 e. The van der Waals surface area contributed by atoms with Gasteiger partial charge in [-0.1, -0.05) is 35.9 Å². The molecule has 1 aromatic carbocycles. The van der Waals surface area contributed by atoms with Gasteiger partial charge in [0.15, 0.2) is 0 Å². The van der Waals surface area contributed by atoms with E-state index in [2.05, 4.69) is 40.2 Å². The fraction of sp³-hybridized carbons (Fsp3) is 0.458. The van der Waals surface area contributed by atoms with Crippen LogP contribution < -0.4 is 0 Å². The van der Waals surface area contributed by atoms with Crippen molar-refractivity contribution >= 4 is 16.9 Å². The highest BCUT2D eigenvalue weighted by molar-refractivity contribution is 5.94. The minimum Gasteiger partial charge on any atom is -0.462 e. The van der Waals surface area contributed by atoms with Gasteiger partial charge in [0.2, 0.25) is 0 Å². The summed E-state index contributed by atoms with van der Waals surface area (Å²) in [5.41, 5.74) is 4.93. The zero-order valence-electron chi connectivity index (χ0n) is 17.6. The normalized spacial score (nSPS) is 28.3. The molecule has 1 aliphatic carbocycles. The van der Waals surface area contributed by atoms with Crippen LogP contribution in [0.1, 0.15) is 17.7 Å². The first kappa shape index (κ1) is 19.5. The van der Waals surface area contributed by atoms with Crippen molar-refractivity contribution in [2.45, 2.75) is 24.3 Å². The average molecular weight is 408 g/mol. The van der Waals surface area contributed by atoms with Gasteiger partial charge in [-0.05, 0) is 30.0 Å². The maximum absolute atomic E-state index is 13.8. The molecule has 2 aromatic rings. The number of esters is 1. The van der Waals surface area contributed by atoms with Crippen LogP contribution in [0.3, 0.4) is 0 Å². The quantitative estimate of drug-likeness (QED) is 0.452. The molecule has 6 heteroatoms. The van der Waals surface area contributed by atoms with Crippen molar-refractivity contribution in [1.82, 2.24) is 9.88 Å². The number of piperidine rings is 1. The van der Waals surface area contributed by atoms with Crippen LogP contribution in [0.2, 0.25) is 0 Å². The second-order valence-corrected chi connectivity index (χ2v) is 8.36. The minimum atomic E-state index is -0.871. The number of fused-ring (bicyclic) bond motifs is 4. The van der Waals surface area contributed by atoms with Crippen molar-refractivity contribution in [2.75, 3.05) is 47.1 Å². The molecule has 4 aliphatic rings. The molecule has 4 heterocycles. The lowest BCUT2D eigenvalue weighted by atomic mass is 9.64. The summed E-state index contributed by atoms with van der Waals surface area (Å²) in [7, 11) is 3.32. The number of rotatable bonds is 6. The average Bonchev–Trinajstić information content (AvgIpc) is 3.10. The number of benzene rings is 1. The van der Waals surface area contributed by atoms with Crippen molar-refractivity contribution in [2.24, 2.45) is 0 Å². The van der Waals surface area contributed by atoms with Gasteiger partial charge in [0.25, 0.3) is 0 Å². The molecule has 0 spiro atoms. The van der Waals surface area contributed by atoms with E-state index in [0.29, 0.717) is 13.2 Å². The van der Waals surface area contributed by atoms with Gasteiger partial charge in [0, 0.05) is 43.9 Å². The number of hydrogen-bond donors (Lipinski definition) is 1. The molecular weight excluding hydrogens is 380 g/mol. The van der Waals surface area contributed by atoms with Gasteiger partial charge < -0.3 is 19.2 Å². The number of carbonyl (C=O) groups is 1. The van der Waals surface area contributed by atoms with Crippen LogP contribution in [-0.4, -0.2) is 69.0 Å². The summed E-state index contributed by atoms with van der Waals surface area (Å²) < 4.78 is 16.3. The van der Waals surface area contributed by atoms with Gasteiger partial charge in [0.05, 0.1) is 19.3 Å². The Morgan fingerprint density at radius 3 is 2.97 bits per heavy atom. The molecule has 0 radical (unpaired) electrons. The van der Waals surface area contributed by atoms with Crippen LogP contribution in [0.4, 0.5) is 0 Å². The number of aromatic amines is 1. The summed E-state index contributed by atoms with van der Waals surface area (Å²) in [6.07, 6.45) is 6.14. The smallest absolute Gasteiger partial charge is 0.324 e. The molecule has 6 nitrogen and oxygen atoms in total. The lowest BCUT2D eigenvalue weighted by molar-refractivity contribution is -0.152. The molecule has 30 heavy (non-hydrogen) atoms. The summed E-state index contributed by atoms with van der Waals surface area (Å²) in [5, 5.41) is 1.20. The third-order valence-corrected chi connectivity index (χ3v) is 6.66. The summed E-state index contributed by atoms with van der Waals surface area (Å²) in [4.78, 5) is 19.8. The highest BCUT2D eigenvalue weighted by atomic mass is 16.6. The number of para-hydroxylation sites is 1. The van der Waals surface area contributed by atoms with Gasteiger partial charge in [-0.2, -0.15) is 0 Å². The predicted molar refractivity (Wildman–Crippen MR) is 115 cm³/mol. The van der Waals surface area contributed by atoms with Gasteiger partial charge in [-0.25, -0.2) is 0 Å². The van der Waals surface area contributed by atoms with E-state index >= 15 is 0 Å². The summed E-state index contributed by atoms with van der Waals surface area (Å²) in [6.45, 7) is 3.00. The Balaban J connectivity index is 1.72. The summed E-state index contributed by atoms with van der Waals surface area (Å²) in [5.74, 6) is -0.204. The minimum absolute atomic E-state index is 0.0606. The van der Waals surface area contributed by atoms with Crippen LogP contribution >= 0.6 is 0 Å². The Kier molecular flexibility index (Phi) is 5.01. The monoisotopic (exact) mass is 408 g/mol. The Morgan fingerprint density at radius 1 is 1.27 bits per heavy atom. The lowest BCUT2D eigenvalue weighted by Gasteiger charge is -2.51. The molecule has 0 amide bonds. The van der Waals surface area contributed by atoms with E-state index in [4.69, 9.17) is 14.2 Å². The lowest BCUT2D eigenvalue weighted by Crippen LogP contribution is -2.61. The molecule has 1 N–H and O–H groups in total. The van der Waals surface area contributed by atoms with Crippen molar-refractivity contribution < 1.29 is 19.0 Å². The van der Waals surface area contributed by atoms with E-state index in [1.165, 1.54) is 22.1 Å². The Hall–Kier alpha value is -2.41. The molecule has 1 saturated heterocycles. The first-order valence-electron chi connectivity index (χ1n) is 10.6. The van der Waals surface area contributed by atoms with Gasteiger partial charge in [-0.3, -0.25) is 9.69 Å². The number of nitrogens with one attached hydrogen (secondary N) is 1. The van der Waals surface area contributed by atoms with Crippen molar-refractivity contribution in [1.29, 1.82) is 0 Å². The van der Waals surface area contributed by atoms with Crippen molar-refractivity contribution in [3.63, 3.8) is 0 Å². The molecule has 6 rings (SSSR count). The first-order chi connectivity index (χ1) is 14.7. The van der Waals surface area contributed by atoms with Crippen molar-refractivity contribution in [3.05, 3.63) is 58.8 Å². The third kappa shape index (κ3) is 2.86. The Labute approximate surface area is 176 Å². The number of nitrogens with zero attached hydrogens (tertiary/aromatic N) is 1. The van der Waals surface area contributed by atoms with Crippen LogP contribution in [0, 0.1) is 0 Å². The molecule has 0 saturated carbocycles. The molecule has 3 unspecified atom stereocenters. The van der Waals surface area contributed by atoms with Gasteiger partial charge in [0.1, 0.15) is 12.0 Å². The molecule has 1 fully saturated rings. The van der Waals surface area contributed by atoms with Crippen molar-refractivity contribution in [3.8, 4) is 0 Å². The number of H-pyrrole nitrogens is 1. The van der Waals surface area contributed by atoms with Crippen LogP contribution in [0.15, 0.2) is 47.6 Å². The molecule has 158 valence electrons. The Bertz CT molecular complexity index is 1040.